The summed E-state index contributed by atoms with van der Waals surface area (Å²) in [6.45, 7) is 7.24. The van der Waals surface area contributed by atoms with Crippen molar-refractivity contribution in [1.82, 2.24) is 10.2 Å². The van der Waals surface area contributed by atoms with E-state index in [1.165, 1.54) is 0 Å². The van der Waals surface area contributed by atoms with Gasteiger partial charge in [0.25, 0.3) is 0 Å². The van der Waals surface area contributed by atoms with Crippen LogP contribution in [0.4, 0.5) is 0 Å². The van der Waals surface area contributed by atoms with Gasteiger partial charge in [0.1, 0.15) is 0 Å². The molecule has 96 valence electrons. The molecule has 0 unspecified atom stereocenters. The summed E-state index contributed by atoms with van der Waals surface area (Å²) in [5.74, 6) is 0. The molecule has 0 spiro atoms. The Morgan fingerprint density at radius 1 is 1.41 bits per heavy atom. The van der Waals surface area contributed by atoms with Crippen LogP contribution in [0.2, 0.25) is 5.02 Å². The number of hydrogen-bond donors (Lipinski definition) is 1. The van der Waals surface area contributed by atoms with Crippen LogP contribution >= 0.6 is 27.5 Å². The molecular weight excluding hydrogens is 300 g/mol. The Kier molecular flexibility index (Phi) is 6.49. The van der Waals surface area contributed by atoms with Crippen LogP contribution in [0.25, 0.3) is 0 Å². The quantitative estimate of drug-likeness (QED) is 0.807. The summed E-state index contributed by atoms with van der Waals surface area (Å²) in [6.07, 6.45) is 0. The molecule has 0 fully saturated rings. The predicted octanol–water partition coefficient (Wildman–Crippen LogP) is 3.53. The molecule has 0 bridgehead atoms. The molecule has 1 aromatic rings. The molecule has 0 amide bonds. The third-order valence-electron chi connectivity index (χ3n) is 2.85. The SMILES string of the molecule is CC(C)N(C)CCNCc1ccc(Br)cc1Cl. The summed E-state index contributed by atoms with van der Waals surface area (Å²) >= 11 is 9.54. The molecule has 1 N–H and O–H groups in total. The fourth-order valence-corrected chi connectivity index (χ4v) is 2.14. The summed E-state index contributed by atoms with van der Waals surface area (Å²) in [4.78, 5) is 2.32. The van der Waals surface area contributed by atoms with Crippen molar-refractivity contribution < 1.29 is 0 Å². The van der Waals surface area contributed by atoms with Crippen LogP contribution < -0.4 is 5.32 Å². The molecule has 0 saturated carbocycles. The Labute approximate surface area is 117 Å². The fourth-order valence-electron chi connectivity index (χ4n) is 1.40. The van der Waals surface area contributed by atoms with Gasteiger partial charge in [0, 0.05) is 35.2 Å². The summed E-state index contributed by atoms with van der Waals surface area (Å²) in [6, 6.07) is 6.58. The van der Waals surface area contributed by atoms with Crippen LogP contribution in [0.3, 0.4) is 0 Å². The second-order valence-electron chi connectivity index (χ2n) is 4.49. The van der Waals surface area contributed by atoms with Gasteiger partial charge in [0.15, 0.2) is 0 Å². The molecule has 0 atom stereocenters. The first-order valence-corrected chi connectivity index (χ1v) is 7.02. The standard InChI is InChI=1S/C13H20BrClN2/c1-10(2)17(3)7-6-16-9-11-4-5-12(14)8-13(11)15/h4-5,8,10,16H,6-7,9H2,1-3H3. The van der Waals surface area contributed by atoms with Crippen LogP contribution in [0.5, 0.6) is 0 Å². The summed E-state index contributed by atoms with van der Waals surface area (Å²) in [5.41, 5.74) is 1.14. The molecule has 0 aliphatic rings. The van der Waals surface area contributed by atoms with Gasteiger partial charge in [-0.2, -0.15) is 0 Å². The average molecular weight is 320 g/mol. The Morgan fingerprint density at radius 2 is 2.12 bits per heavy atom. The topological polar surface area (TPSA) is 15.3 Å². The van der Waals surface area contributed by atoms with E-state index in [4.69, 9.17) is 11.6 Å². The number of halogens is 2. The normalized spacial score (nSPS) is 11.5. The zero-order chi connectivity index (χ0) is 12.8. The van der Waals surface area contributed by atoms with Crippen LogP contribution in [0.1, 0.15) is 19.4 Å². The van der Waals surface area contributed by atoms with E-state index in [-0.39, 0.29) is 0 Å². The van der Waals surface area contributed by atoms with Crippen molar-refractivity contribution in [1.29, 1.82) is 0 Å². The van der Waals surface area contributed by atoms with Gasteiger partial charge in [-0.15, -0.1) is 0 Å². The maximum Gasteiger partial charge on any atom is 0.0462 e. The van der Waals surface area contributed by atoms with E-state index in [0.717, 1.165) is 34.7 Å². The number of nitrogens with one attached hydrogen (secondary N) is 1. The van der Waals surface area contributed by atoms with Crippen molar-refractivity contribution in [2.45, 2.75) is 26.4 Å². The van der Waals surface area contributed by atoms with E-state index in [2.05, 4.69) is 47.0 Å². The molecule has 0 aliphatic heterocycles. The van der Waals surface area contributed by atoms with Crippen molar-refractivity contribution >= 4 is 27.5 Å². The van der Waals surface area contributed by atoms with Crippen molar-refractivity contribution in [3.8, 4) is 0 Å². The van der Waals surface area contributed by atoms with Gasteiger partial charge < -0.3 is 10.2 Å². The Bertz CT molecular complexity index is 355. The summed E-state index contributed by atoms with van der Waals surface area (Å²) in [5, 5.41) is 4.22. The smallest absolute Gasteiger partial charge is 0.0462 e. The van der Waals surface area contributed by atoms with Crippen molar-refractivity contribution in [2.75, 3.05) is 20.1 Å². The molecule has 0 radical (unpaired) electrons. The van der Waals surface area contributed by atoms with Crippen molar-refractivity contribution in [3.63, 3.8) is 0 Å². The minimum Gasteiger partial charge on any atom is -0.311 e. The van der Waals surface area contributed by atoms with Gasteiger partial charge in [-0.25, -0.2) is 0 Å². The highest BCUT2D eigenvalue weighted by Crippen LogP contribution is 2.20. The average Bonchev–Trinajstić information content (AvgIpc) is 2.26. The third-order valence-corrected chi connectivity index (χ3v) is 3.70. The van der Waals surface area contributed by atoms with Crippen LogP contribution in [0, 0.1) is 0 Å². The minimum absolute atomic E-state index is 0.591. The highest BCUT2D eigenvalue weighted by Gasteiger charge is 2.03. The van der Waals surface area contributed by atoms with Gasteiger partial charge in [0.05, 0.1) is 0 Å². The summed E-state index contributed by atoms with van der Waals surface area (Å²) < 4.78 is 1.02. The monoisotopic (exact) mass is 318 g/mol. The third kappa shape index (κ3) is 5.38. The predicted molar refractivity (Wildman–Crippen MR) is 78.6 cm³/mol. The number of likely N-dealkylation sites (N-methyl/N-ethyl adjacent to an activating group) is 1. The first-order valence-electron chi connectivity index (χ1n) is 5.85. The highest BCUT2D eigenvalue weighted by atomic mass is 79.9. The zero-order valence-electron chi connectivity index (χ0n) is 10.6. The fraction of sp³-hybridized carbons (Fsp3) is 0.538. The Hall–Kier alpha value is -0.0900. The van der Waals surface area contributed by atoms with Gasteiger partial charge >= 0.3 is 0 Å². The van der Waals surface area contributed by atoms with Gasteiger partial charge in [-0.05, 0) is 38.6 Å². The van der Waals surface area contributed by atoms with Crippen LogP contribution in [-0.2, 0) is 6.54 Å². The lowest BCUT2D eigenvalue weighted by molar-refractivity contribution is 0.273. The number of rotatable bonds is 6. The number of hydrogen-bond acceptors (Lipinski definition) is 2. The van der Waals surface area contributed by atoms with Gasteiger partial charge in [-0.1, -0.05) is 33.6 Å². The molecule has 4 heteroatoms. The van der Waals surface area contributed by atoms with Crippen molar-refractivity contribution in [3.05, 3.63) is 33.3 Å². The van der Waals surface area contributed by atoms with E-state index < -0.39 is 0 Å². The van der Waals surface area contributed by atoms with Gasteiger partial charge in [0.2, 0.25) is 0 Å². The Morgan fingerprint density at radius 3 is 2.71 bits per heavy atom. The minimum atomic E-state index is 0.591. The van der Waals surface area contributed by atoms with Crippen molar-refractivity contribution in [2.24, 2.45) is 0 Å². The van der Waals surface area contributed by atoms with E-state index in [1.807, 2.05) is 18.2 Å². The molecule has 0 heterocycles. The second kappa shape index (κ2) is 7.37. The van der Waals surface area contributed by atoms with E-state index in [1.54, 1.807) is 0 Å². The molecule has 17 heavy (non-hydrogen) atoms. The van der Waals surface area contributed by atoms with Crippen LogP contribution in [-0.4, -0.2) is 31.1 Å². The van der Waals surface area contributed by atoms with Gasteiger partial charge in [-0.3, -0.25) is 0 Å². The Balaban J connectivity index is 2.31. The first kappa shape index (κ1) is 15.0. The maximum absolute atomic E-state index is 6.14. The maximum atomic E-state index is 6.14. The number of benzene rings is 1. The van der Waals surface area contributed by atoms with E-state index >= 15 is 0 Å². The lowest BCUT2D eigenvalue weighted by Gasteiger charge is -2.21. The lowest BCUT2D eigenvalue weighted by atomic mass is 10.2. The molecular formula is C13H20BrClN2. The molecule has 2 nitrogen and oxygen atoms in total. The summed E-state index contributed by atoms with van der Waals surface area (Å²) in [7, 11) is 2.14. The van der Waals surface area contributed by atoms with E-state index in [0.29, 0.717) is 6.04 Å². The molecule has 0 aliphatic carbocycles. The molecule has 0 aromatic heterocycles. The van der Waals surface area contributed by atoms with E-state index in [9.17, 15) is 0 Å². The highest BCUT2D eigenvalue weighted by molar-refractivity contribution is 9.10. The molecule has 1 rings (SSSR count). The molecule has 0 saturated heterocycles. The first-order chi connectivity index (χ1) is 8.00. The molecule has 1 aromatic carbocycles. The second-order valence-corrected chi connectivity index (χ2v) is 5.81. The zero-order valence-corrected chi connectivity index (χ0v) is 13.0. The number of nitrogens with zero attached hydrogens (tertiary/aromatic N) is 1. The van der Waals surface area contributed by atoms with Crippen LogP contribution in [0.15, 0.2) is 22.7 Å². The lowest BCUT2D eigenvalue weighted by Crippen LogP contribution is -2.33. The largest absolute Gasteiger partial charge is 0.311 e.